The van der Waals surface area contributed by atoms with Gasteiger partial charge < -0.3 is 10.0 Å². The van der Waals surface area contributed by atoms with Crippen LogP contribution in [0, 0.1) is 17.0 Å². The average Bonchev–Trinajstić information content (AvgIpc) is 2.28. The molecular weight excluding hydrogens is 220 g/mol. The number of rotatable bonds is 6. The van der Waals surface area contributed by atoms with Crippen LogP contribution in [0.5, 0.6) is 0 Å². The van der Waals surface area contributed by atoms with E-state index in [0.717, 1.165) is 12.0 Å². The van der Waals surface area contributed by atoms with Crippen LogP contribution in [0.15, 0.2) is 18.2 Å². The summed E-state index contributed by atoms with van der Waals surface area (Å²) in [6, 6.07) is 5.04. The molecule has 0 bridgehead atoms. The van der Waals surface area contributed by atoms with Crippen molar-refractivity contribution in [1.29, 1.82) is 0 Å². The summed E-state index contributed by atoms with van der Waals surface area (Å²) in [6.07, 6.45) is 0.880. The van der Waals surface area contributed by atoms with E-state index in [2.05, 4.69) is 0 Å². The van der Waals surface area contributed by atoms with Crippen molar-refractivity contribution < 1.29 is 10.0 Å². The molecule has 0 aromatic heterocycles. The van der Waals surface area contributed by atoms with Gasteiger partial charge in [0.1, 0.15) is 5.69 Å². The topological polar surface area (TPSA) is 66.6 Å². The number of nitrogens with zero attached hydrogens (tertiary/aromatic N) is 2. The zero-order chi connectivity index (χ0) is 12.8. The number of nitro benzene ring substituents is 1. The standard InChI is InChI=1S/C12H18N2O3/c1-3-6-13(7-8-15)12-9-10(2)4-5-11(12)14(16)17/h4-5,9,15H,3,6-8H2,1-2H3. The van der Waals surface area contributed by atoms with Crippen molar-refractivity contribution in [2.75, 3.05) is 24.6 Å². The minimum Gasteiger partial charge on any atom is -0.395 e. The quantitative estimate of drug-likeness (QED) is 0.609. The van der Waals surface area contributed by atoms with Crippen LogP contribution >= 0.6 is 0 Å². The molecule has 0 heterocycles. The van der Waals surface area contributed by atoms with Gasteiger partial charge in [0.2, 0.25) is 0 Å². The van der Waals surface area contributed by atoms with E-state index in [1.807, 2.05) is 18.7 Å². The van der Waals surface area contributed by atoms with Crippen LogP contribution in [0.1, 0.15) is 18.9 Å². The molecule has 0 unspecified atom stereocenters. The van der Waals surface area contributed by atoms with Gasteiger partial charge in [0, 0.05) is 19.2 Å². The molecule has 5 heteroatoms. The molecular formula is C12H18N2O3. The van der Waals surface area contributed by atoms with Crippen LogP contribution in [-0.2, 0) is 0 Å². The molecule has 1 rings (SSSR count). The largest absolute Gasteiger partial charge is 0.395 e. The van der Waals surface area contributed by atoms with E-state index < -0.39 is 0 Å². The van der Waals surface area contributed by atoms with Crippen molar-refractivity contribution in [2.24, 2.45) is 0 Å². The molecule has 0 radical (unpaired) electrons. The summed E-state index contributed by atoms with van der Waals surface area (Å²) in [7, 11) is 0. The summed E-state index contributed by atoms with van der Waals surface area (Å²) in [5.74, 6) is 0. The summed E-state index contributed by atoms with van der Waals surface area (Å²) in [6.45, 7) is 5.01. The highest BCUT2D eigenvalue weighted by Crippen LogP contribution is 2.29. The van der Waals surface area contributed by atoms with Crippen LogP contribution in [-0.4, -0.2) is 29.7 Å². The first-order valence-electron chi connectivity index (χ1n) is 5.71. The van der Waals surface area contributed by atoms with Crippen molar-refractivity contribution in [3.63, 3.8) is 0 Å². The Morgan fingerprint density at radius 2 is 2.12 bits per heavy atom. The SMILES string of the molecule is CCCN(CCO)c1cc(C)ccc1[N+](=O)[O-]. The Morgan fingerprint density at radius 3 is 2.65 bits per heavy atom. The fourth-order valence-corrected chi connectivity index (χ4v) is 1.78. The molecule has 0 aliphatic carbocycles. The fraction of sp³-hybridized carbons (Fsp3) is 0.500. The summed E-state index contributed by atoms with van der Waals surface area (Å²) >= 11 is 0. The van der Waals surface area contributed by atoms with Crippen molar-refractivity contribution >= 4 is 11.4 Å². The van der Waals surface area contributed by atoms with Crippen LogP contribution in [0.25, 0.3) is 0 Å². The van der Waals surface area contributed by atoms with Gasteiger partial charge >= 0.3 is 0 Å². The normalized spacial score (nSPS) is 10.3. The van der Waals surface area contributed by atoms with Crippen molar-refractivity contribution in [1.82, 2.24) is 0 Å². The zero-order valence-corrected chi connectivity index (χ0v) is 10.2. The molecule has 0 amide bonds. The Hall–Kier alpha value is -1.62. The number of hydrogen-bond acceptors (Lipinski definition) is 4. The minimum absolute atomic E-state index is 0.00883. The van der Waals surface area contributed by atoms with E-state index in [1.165, 1.54) is 6.07 Å². The van der Waals surface area contributed by atoms with Gasteiger partial charge in [-0.25, -0.2) is 0 Å². The first kappa shape index (κ1) is 13.4. The van der Waals surface area contributed by atoms with E-state index >= 15 is 0 Å². The maximum Gasteiger partial charge on any atom is 0.292 e. The molecule has 0 fully saturated rings. The maximum atomic E-state index is 11.0. The second-order valence-electron chi connectivity index (χ2n) is 3.96. The van der Waals surface area contributed by atoms with E-state index in [4.69, 9.17) is 5.11 Å². The molecule has 0 aliphatic rings. The van der Waals surface area contributed by atoms with Crippen LogP contribution < -0.4 is 4.90 Å². The minimum atomic E-state index is -0.380. The van der Waals surface area contributed by atoms with E-state index in [9.17, 15) is 10.1 Å². The maximum absolute atomic E-state index is 11.0. The lowest BCUT2D eigenvalue weighted by Crippen LogP contribution is -2.28. The van der Waals surface area contributed by atoms with Gasteiger partial charge in [-0.3, -0.25) is 10.1 Å². The first-order chi connectivity index (χ1) is 8.10. The lowest BCUT2D eigenvalue weighted by Gasteiger charge is -2.23. The molecule has 1 aromatic carbocycles. The van der Waals surface area contributed by atoms with E-state index in [-0.39, 0.29) is 17.2 Å². The highest BCUT2D eigenvalue weighted by molar-refractivity contribution is 5.64. The van der Waals surface area contributed by atoms with Crippen LogP contribution in [0.2, 0.25) is 0 Å². The lowest BCUT2D eigenvalue weighted by molar-refractivity contribution is -0.384. The van der Waals surface area contributed by atoms with E-state index in [1.54, 1.807) is 12.1 Å². The highest BCUT2D eigenvalue weighted by Gasteiger charge is 2.18. The molecule has 17 heavy (non-hydrogen) atoms. The number of aliphatic hydroxyl groups is 1. The third kappa shape index (κ3) is 3.42. The summed E-state index contributed by atoms with van der Waals surface area (Å²) in [5.41, 5.74) is 1.66. The third-order valence-electron chi connectivity index (χ3n) is 2.53. The lowest BCUT2D eigenvalue weighted by atomic mass is 10.1. The van der Waals surface area contributed by atoms with Gasteiger partial charge in [0.05, 0.1) is 11.5 Å². The van der Waals surface area contributed by atoms with Gasteiger partial charge in [0.15, 0.2) is 0 Å². The second-order valence-corrected chi connectivity index (χ2v) is 3.96. The van der Waals surface area contributed by atoms with E-state index in [0.29, 0.717) is 18.8 Å². The molecule has 5 nitrogen and oxygen atoms in total. The summed E-state index contributed by atoms with van der Waals surface area (Å²) in [5, 5.41) is 20.0. The first-order valence-corrected chi connectivity index (χ1v) is 5.71. The predicted octanol–water partition coefficient (Wildman–Crippen LogP) is 2.11. The van der Waals surface area contributed by atoms with Crippen molar-refractivity contribution in [3.05, 3.63) is 33.9 Å². The monoisotopic (exact) mass is 238 g/mol. The highest BCUT2D eigenvalue weighted by atomic mass is 16.6. The van der Waals surface area contributed by atoms with Gasteiger partial charge in [-0.2, -0.15) is 0 Å². The Bertz CT molecular complexity index is 387. The third-order valence-corrected chi connectivity index (χ3v) is 2.53. The van der Waals surface area contributed by atoms with Gasteiger partial charge in [-0.1, -0.05) is 13.0 Å². The molecule has 0 aliphatic heterocycles. The molecule has 94 valence electrons. The van der Waals surface area contributed by atoms with Crippen molar-refractivity contribution in [3.8, 4) is 0 Å². The molecule has 0 saturated carbocycles. The molecule has 0 saturated heterocycles. The molecule has 0 atom stereocenters. The second kappa shape index (κ2) is 6.20. The average molecular weight is 238 g/mol. The number of aryl methyl sites for hydroxylation is 1. The summed E-state index contributed by atoms with van der Waals surface area (Å²) < 4.78 is 0. The van der Waals surface area contributed by atoms with Crippen molar-refractivity contribution in [2.45, 2.75) is 20.3 Å². The van der Waals surface area contributed by atoms with Crippen LogP contribution in [0.4, 0.5) is 11.4 Å². The Kier molecular flexibility index (Phi) is 4.90. The zero-order valence-electron chi connectivity index (χ0n) is 10.2. The number of nitro groups is 1. The summed E-state index contributed by atoms with van der Waals surface area (Å²) in [4.78, 5) is 12.4. The Labute approximate surface area is 101 Å². The number of hydrogen-bond donors (Lipinski definition) is 1. The van der Waals surface area contributed by atoms with Gasteiger partial charge in [0.25, 0.3) is 5.69 Å². The molecule has 0 spiro atoms. The van der Waals surface area contributed by atoms with Gasteiger partial charge in [-0.05, 0) is 25.0 Å². The number of anilines is 1. The van der Waals surface area contributed by atoms with Gasteiger partial charge in [-0.15, -0.1) is 0 Å². The molecule has 1 N–H and O–H groups in total. The Morgan fingerprint density at radius 1 is 1.41 bits per heavy atom. The number of aliphatic hydroxyl groups excluding tert-OH is 1. The molecule has 1 aromatic rings. The predicted molar refractivity (Wildman–Crippen MR) is 67.4 cm³/mol. The Balaban J connectivity index is 3.14. The number of benzene rings is 1. The fourth-order valence-electron chi connectivity index (χ4n) is 1.78. The smallest absolute Gasteiger partial charge is 0.292 e. The van der Waals surface area contributed by atoms with Crippen LogP contribution in [0.3, 0.4) is 0 Å².